The summed E-state index contributed by atoms with van der Waals surface area (Å²) in [5.74, 6) is 0. The Labute approximate surface area is 247 Å². The predicted octanol–water partition coefficient (Wildman–Crippen LogP) is -3.52. The summed E-state index contributed by atoms with van der Waals surface area (Å²) in [6.07, 6.45) is 0. The molecule has 0 aromatic heterocycles. The molecule has 15 N–H and O–H groups in total. The Bertz CT molecular complexity index is 497. The molecule has 0 saturated heterocycles. The number of hydrogen-bond donors (Lipinski definition) is 9. The molecule has 0 aliphatic heterocycles. The van der Waals surface area contributed by atoms with Crippen LogP contribution in [0, 0.1) is 0 Å². The molecule has 0 aliphatic carbocycles. The number of nitrogens with one attached hydrogen (secondary N) is 3. The molecule has 0 aliphatic rings. The summed E-state index contributed by atoms with van der Waals surface area (Å²) in [5, 5.41) is 10.4. The summed E-state index contributed by atoms with van der Waals surface area (Å²) < 4.78 is 0. The quantitative estimate of drug-likeness (QED) is 0.0343. The van der Waals surface area contributed by atoms with E-state index in [1.807, 2.05) is 27.7 Å². The molecule has 0 aromatic carbocycles. The summed E-state index contributed by atoms with van der Waals surface area (Å²) in [5.41, 5.74) is 33.8. The lowest BCUT2D eigenvalue weighted by Gasteiger charge is -2.31. The van der Waals surface area contributed by atoms with Gasteiger partial charge in [0.25, 0.3) is 0 Å². The number of nitrogens with zero attached hydrogens (tertiary/aromatic N) is 4. The van der Waals surface area contributed by atoms with Gasteiger partial charge in [-0.15, -0.1) is 0 Å². The van der Waals surface area contributed by atoms with Gasteiger partial charge in [0.15, 0.2) is 0 Å². The summed E-state index contributed by atoms with van der Waals surface area (Å²) in [4.78, 5) is 9.67. The standard InChI is InChI=1S/C24H62N12.C3H9N/c1-24(2,29)32-12-19-36(22-20-34(14-6-27)15-7-28)23-21-35(17-10-30-8-4-25)18-11-31-9-16-33(3)13-5-26;1-3(2)4/h30-32H,4-23,25-29H2,1-3H3;3H,4H2,1-2H3. The molecule has 0 amide bonds. The number of rotatable bonds is 27. The Morgan fingerprint density at radius 1 is 0.550 bits per heavy atom. The van der Waals surface area contributed by atoms with E-state index < -0.39 is 0 Å². The minimum absolute atomic E-state index is 0.333. The highest BCUT2D eigenvalue weighted by molar-refractivity contribution is 4.73. The van der Waals surface area contributed by atoms with Crippen molar-refractivity contribution in [1.82, 2.24) is 35.6 Å². The van der Waals surface area contributed by atoms with Gasteiger partial charge in [0.2, 0.25) is 0 Å². The van der Waals surface area contributed by atoms with Crippen LogP contribution >= 0.6 is 0 Å². The molecule has 0 spiro atoms. The van der Waals surface area contributed by atoms with Gasteiger partial charge in [0.1, 0.15) is 0 Å². The lowest BCUT2D eigenvalue weighted by molar-refractivity contribution is 0.175. The molecule has 0 unspecified atom stereocenters. The van der Waals surface area contributed by atoms with Crippen molar-refractivity contribution in [3.8, 4) is 0 Å². The number of nitrogens with two attached hydrogens (primary N) is 6. The summed E-state index contributed by atoms with van der Waals surface area (Å²) >= 11 is 0. The first-order valence-electron chi connectivity index (χ1n) is 15.4. The maximum Gasteiger partial charge on any atom is 0.0604 e. The third-order valence-corrected chi connectivity index (χ3v) is 6.08. The zero-order valence-corrected chi connectivity index (χ0v) is 27.0. The van der Waals surface area contributed by atoms with Crippen LogP contribution in [0.15, 0.2) is 0 Å². The molecule has 0 atom stereocenters. The van der Waals surface area contributed by atoms with Crippen molar-refractivity contribution in [2.45, 2.75) is 39.4 Å². The summed E-state index contributed by atoms with van der Waals surface area (Å²) in [6.45, 7) is 25.8. The van der Waals surface area contributed by atoms with Gasteiger partial charge in [-0.2, -0.15) is 0 Å². The minimum Gasteiger partial charge on any atom is -0.329 e. The molecule has 0 fully saturated rings. The molecule has 13 heteroatoms. The molecular formula is C27H71N13. The number of likely N-dealkylation sites (N-methyl/N-ethyl adjacent to an activating group) is 1. The van der Waals surface area contributed by atoms with Gasteiger partial charge in [-0.05, 0) is 26.9 Å². The second-order valence-electron chi connectivity index (χ2n) is 11.4. The SMILES string of the molecule is CC(C)N.CN(CCN)CCNCCN(CCNCCN)CCN(CCNC(C)(C)N)CCN(CCN)CCN. The highest BCUT2D eigenvalue weighted by Crippen LogP contribution is 1.97. The van der Waals surface area contributed by atoms with Crippen LogP contribution in [0.4, 0.5) is 0 Å². The van der Waals surface area contributed by atoms with Crippen molar-refractivity contribution in [3.05, 3.63) is 0 Å². The first kappa shape index (κ1) is 41.6. The van der Waals surface area contributed by atoms with Crippen LogP contribution in [0.5, 0.6) is 0 Å². The smallest absolute Gasteiger partial charge is 0.0604 e. The second-order valence-corrected chi connectivity index (χ2v) is 11.4. The molecule has 0 heterocycles. The van der Waals surface area contributed by atoms with Crippen molar-refractivity contribution in [2.75, 3.05) is 138 Å². The zero-order chi connectivity index (χ0) is 30.7. The highest BCUT2D eigenvalue weighted by atomic mass is 15.2. The Kier molecular flexibility index (Phi) is 29.7. The topological polar surface area (TPSA) is 205 Å². The predicted molar refractivity (Wildman–Crippen MR) is 174 cm³/mol. The van der Waals surface area contributed by atoms with E-state index in [4.69, 9.17) is 34.4 Å². The van der Waals surface area contributed by atoms with Gasteiger partial charge in [-0.25, -0.2) is 0 Å². The van der Waals surface area contributed by atoms with Crippen LogP contribution in [0.25, 0.3) is 0 Å². The van der Waals surface area contributed by atoms with Gasteiger partial charge in [-0.3, -0.25) is 20.0 Å². The van der Waals surface area contributed by atoms with Gasteiger partial charge >= 0.3 is 0 Å². The van der Waals surface area contributed by atoms with Crippen LogP contribution in [-0.2, 0) is 0 Å². The average molecular weight is 578 g/mol. The van der Waals surface area contributed by atoms with E-state index in [0.29, 0.717) is 32.2 Å². The molecular weight excluding hydrogens is 506 g/mol. The fraction of sp³-hybridized carbons (Fsp3) is 1.00. The Morgan fingerprint density at radius 3 is 1.35 bits per heavy atom. The fourth-order valence-electron chi connectivity index (χ4n) is 3.90. The Balaban J connectivity index is 0. The van der Waals surface area contributed by atoms with Gasteiger partial charge in [0.05, 0.1) is 5.66 Å². The molecule has 0 radical (unpaired) electrons. The Hall–Kier alpha value is -0.520. The lowest BCUT2D eigenvalue weighted by Crippen LogP contribution is -2.51. The van der Waals surface area contributed by atoms with E-state index in [2.05, 4.69) is 42.6 Å². The highest BCUT2D eigenvalue weighted by Gasteiger charge is 2.14. The van der Waals surface area contributed by atoms with Crippen LogP contribution in [0.1, 0.15) is 27.7 Å². The van der Waals surface area contributed by atoms with Crippen LogP contribution in [0.3, 0.4) is 0 Å². The Morgan fingerprint density at radius 2 is 0.925 bits per heavy atom. The van der Waals surface area contributed by atoms with Gasteiger partial charge in [0, 0.05) is 131 Å². The van der Waals surface area contributed by atoms with Crippen LogP contribution in [-0.4, -0.2) is 169 Å². The summed E-state index contributed by atoms with van der Waals surface area (Å²) in [7, 11) is 2.11. The first-order valence-corrected chi connectivity index (χ1v) is 15.4. The molecule has 0 aromatic rings. The molecule has 244 valence electrons. The molecule has 0 rings (SSSR count). The van der Waals surface area contributed by atoms with E-state index >= 15 is 0 Å². The molecule has 0 saturated carbocycles. The van der Waals surface area contributed by atoms with E-state index in [0.717, 1.165) is 105 Å². The molecule has 40 heavy (non-hydrogen) atoms. The second kappa shape index (κ2) is 28.6. The molecule has 13 nitrogen and oxygen atoms in total. The van der Waals surface area contributed by atoms with Crippen molar-refractivity contribution in [3.63, 3.8) is 0 Å². The van der Waals surface area contributed by atoms with Crippen LogP contribution < -0.4 is 50.4 Å². The maximum atomic E-state index is 6.13. The maximum absolute atomic E-state index is 6.13. The van der Waals surface area contributed by atoms with Crippen LogP contribution in [0.2, 0.25) is 0 Å². The molecule has 0 bridgehead atoms. The first-order chi connectivity index (χ1) is 19.0. The van der Waals surface area contributed by atoms with E-state index in [-0.39, 0.29) is 5.66 Å². The monoisotopic (exact) mass is 578 g/mol. The zero-order valence-electron chi connectivity index (χ0n) is 27.0. The normalized spacial score (nSPS) is 12.3. The fourth-order valence-corrected chi connectivity index (χ4v) is 3.90. The van der Waals surface area contributed by atoms with Crippen molar-refractivity contribution in [2.24, 2.45) is 34.4 Å². The summed E-state index contributed by atoms with van der Waals surface area (Å²) in [6, 6.07) is 0.333. The van der Waals surface area contributed by atoms with Gasteiger partial charge in [-0.1, -0.05) is 13.8 Å². The van der Waals surface area contributed by atoms with E-state index in [1.165, 1.54) is 0 Å². The lowest BCUT2D eigenvalue weighted by atomic mass is 10.2. The third kappa shape index (κ3) is 32.0. The average Bonchev–Trinajstić information content (AvgIpc) is 2.86. The van der Waals surface area contributed by atoms with Crippen molar-refractivity contribution in [1.29, 1.82) is 0 Å². The van der Waals surface area contributed by atoms with Gasteiger partial charge < -0.3 is 49.9 Å². The largest absolute Gasteiger partial charge is 0.329 e. The van der Waals surface area contributed by atoms with E-state index in [9.17, 15) is 0 Å². The number of hydrogen-bond acceptors (Lipinski definition) is 13. The third-order valence-electron chi connectivity index (χ3n) is 6.08. The van der Waals surface area contributed by atoms with Crippen molar-refractivity contribution < 1.29 is 0 Å². The minimum atomic E-state index is -0.374. The van der Waals surface area contributed by atoms with E-state index in [1.54, 1.807) is 0 Å². The van der Waals surface area contributed by atoms with Crippen molar-refractivity contribution >= 4 is 0 Å².